The van der Waals surface area contributed by atoms with E-state index in [1.165, 1.54) is 19.4 Å². The Kier molecular flexibility index (Phi) is 6.89. The molecule has 0 radical (unpaired) electrons. The number of carbonyl (C=O) groups is 1. The number of anilines is 1. The first-order valence-electron chi connectivity index (χ1n) is 9.11. The lowest BCUT2D eigenvalue weighted by molar-refractivity contribution is 0.101. The molecule has 0 aliphatic carbocycles. The lowest BCUT2D eigenvalue weighted by atomic mass is 10.2. The van der Waals surface area contributed by atoms with Crippen molar-refractivity contribution in [2.45, 2.75) is 6.42 Å². The number of aromatic hydroxyl groups is 1. The van der Waals surface area contributed by atoms with Crippen LogP contribution >= 0.6 is 0 Å². The fourth-order valence-electron chi connectivity index (χ4n) is 2.55. The summed E-state index contributed by atoms with van der Waals surface area (Å²) in [5.74, 6) is 0.873. The summed E-state index contributed by atoms with van der Waals surface area (Å²) in [5.41, 5.74) is 0.446. The summed E-state index contributed by atoms with van der Waals surface area (Å²) < 4.78 is 16.3. The van der Waals surface area contributed by atoms with Crippen LogP contribution in [0.5, 0.6) is 23.0 Å². The average Bonchev–Trinajstić information content (AvgIpc) is 2.75. The normalized spacial score (nSPS) is 10.2. The van der Waals surface area contributed by atoms with Crippen LogP contribution < -0.4 is 19.5 Å². The van der Waals surface area contributed by atoms with E-state index in [-0.39, 0.29) is 17.2 Å². The van der Waals surface area contributed by atoms with E-state index >= 15 is 0 Å². The van der Waals surface area contributed by atoms with Gasteiger partial charge in [0.05, 0.1) is 20.3 Å². The Morgan fingerprint density at radius 3 is 2.28 bits per heavy atom. The van der Waals surface area contributed by atoms with E-state index in [1.807, 2.05) is 30.3 Å². The van der Waals surface area contributed by atoms with Crippen LogP contribution in [0.15, 0.2) is 66.9 Å². The number of aromatic nitrogens is 1. The zero-order chi connectivity index (χ0) is 20.5. The molecule has 0 unspecified atom stereocenters. The van der Waals surface area contributed by atoms with Crippen LogP contribution in [0.1, 0.15) is 16.9 Å². The molecule has 7 nitrogen and oxygen atoms in total. The summed E-state index contributed by atoms with van der Waals surface area (Å²) in [4.78, 5) is 16.2. The number of hydrogen-bond donors (Lipinski definition) is 2. The Balaban J connectivity index is 1.45. The highest BCUT2D eigenvalue weighted by Gasteiger charge is 2.16. The number of benzene rings is 2. The van der Waals surface area contributed by atoms with E-state index in [0.29, 0.717) is 24.7 Å². The molecular formula is C22H22N2O5. The number of ether oxygens (including phenoxy) is 3. The molecule has 0 fully saturated rings. The van der Waals surface area contributed by atoms with E-state index < -0.39 is 5.91 Å². The predicted molar refractivity (Wildman–Crippen MR) is 109 cm³/mol. The van der Waals surface area contributed by atoms with Crippen molar-refractivity contribution in [2.24, 2.45) is 0 Å². The van der Waals surface area contributed by atoms with E-state index in [4.69, 9.17) is 14.2 Å². The number of para-hydroxylation sites is 1. The fraction of sp³-hybridized carbons (Fsp3) is 0.182. The number of pyridine rings is 1. The Hall–Kier alpha value is -3.74. The van der Waals surface area contributed by atoms with Crippen molar-refractivity contribution < 1.29 is 24.1 Å². The molecular weight excluding hydrogens is 372 g/mol. The fourth-order valence-corrected chi connectivity index (χ4v) is 2.55. The number of carbonyl (C=O) groups excluding carboxylic acids is 1. The summed E-state index contributed by atoms with van der Waals surface area (Å²) in [6.07, 6.45) is 2.14. The van der Waals surface area contributed by atoms with Crippen molar-refractivity contribution >= 4 is 11.6 Å². The molecule has 3 rings (SSSR count). The topological polar surface area (TPSA) is 89.9 Å². The molecule has 1 amide bonds. The van der Waals surface area contributed by atoms with Crippen molar-refractivity contribution in [2.75, 3.05) is 25.6 Å². The molecule has 0 atom stereocenters. The van der Waals surface area contributed by atoms with Crippen LogP contribution in [-0.4, -0.2) is 36.3 Å². The van der Waals surface area contributed by atoms with Crippen molar-refractivity contribution in [3.63, 3.8) is 0 Å². The van der Waals surface area contributed by atoms with Gasteiger partial charge >= 0.3 is 0 Å². The molecule has 0 spiro atoms. The van der Waals surface area contributed by atoms with Gasteiger partial charge in [0, 0.05) is 24.4 Å². The maximum atomic E-state index is 12.3. The van der Waals surface area contributed by atoms with E-state index in [9.17, 15) is 9.90 Å². The summed E-state index contributed by atoms with van der Waals surface area (Å²) in [5, 5.41) is 12.7. The second-order valence-electron chi connectivity index (χ2n) is 6.05. The quantitative estimate of drug-likeness (QED) is 0.535. The summed E-state index contributed by atoms with van der Waals surface area (Å²) in [6.45, 7) is 1.08. The summed E-state index contributed by atoms with van der Waals surface area (Å²) >= 11 is 0. The Labute approximate surface area is 168 Å². The van der Waals surface area contributed by atoms with E-state index in [2.05, 4.69) is 10.3 Å². The first-order valence-corrected chi connectivity index (χ1v) is 9.11. The second kappa shape index (κ2) is 9.98. The molecule has 0 aliphatic heterocycles. The number of methoxy groups -OCH3 is 1. The van der Waals surface area contributed by atoms with E-state index in [1.54, 1.807) is 24.3 Å². The molecule has 0 bridgehead atoms. The molecule has 0 saturated heterocycles. The van der Waals surface area contributed by atoms with Gasteiger partial charge in [0.25, 0.3) is 5.91 Å². The van der Waals surface area contributed by atoms with Gasteiger partial charge in [-0.3, -0.25) is 4.79 Å². The van der Waals surface area contributed by atoms with Gasteiger partial charge in [-0.05, 0) is 36.4 Å². The predicted octanol–water partition coefficient (Wildman–Crippen LogP) is 3.90. The number of nitrogens with zero attached hydrogens (tertiary/aromatic N) is 1. The largest absolute Gasteiger partial charge is 0.503 e. The van der Waals surface area contributed by atoms with Gasteiger partial charge in [0.2, 0.25) is 0 Å². The lowest BCUT2D eigenvalue weighted by Crippen LogP contribution is -2.14. The molecule has 2 aromatic carbocycles. The molecule has 1 aromatic heterocycles. The molecule has 2 N–H and O–H groups in total. The zero-order valence-electron chi connectivity index (χ0n) is 16.0. The first-order chi connectivity index (χ1) is 14.2. The van der Waals surface area contributed by atoms with Crippen LogP contribution in [0, 0.1) is 0 Å². The van der Waals surface area contributed by atoms with Crippen LogP contribution in [0.4, 0.5) is 5.69 Å². The third-order valence-electron chi connectivity index (χ3n) is 4.00. The van der Waals surface area contributed by atoms with Crippen molar-refractivity contribution in [3.05, 3.63) is 72.6 Å². The minimum Gasteiger partial charge on any atom is -0.503 e. The molecule has 3 aromatic rings. The summed E-state index contributed by atoms with van der Waals surface area (Å²) in [7, 11) is 1.41. The Morgan fingerprint density at radius 1 is 0.966 bits per heavy atom. The van der Waals surface area contributed by atoms with E-state index in [0.717, 1.165) is 12.2 Å². The number of hydrogen-bond acceptors (Lipinski definition) is 6. The highest BCUT2D eigenvalue weighted by molar-refractivity contribution is 6.05. The van der Waals surface area contributed by atoms with Crippen LogP contribution in [0.25, 0.3) is 0 Å². The van der Waals surface area contributed by atoms with Crippen molar-refractivity contribution in [1.29, 1.82) is 0 Å². The van der Waals surface area contributed by atoms with Gasteiger partial charge in [0.1, 0.15) is 11.5 Å². The highest BCUT2D eigenvalue weighted by Crippen LogP contribution is 2.28. The summed E-state index contributed by atoms with van der Waals surface area (Å²) in [6, 6.07) is 18.0. The lowest BCUT2D eigenvalue weighted by Gasteiger charge is -2.10. The number of amides is 1. The molecule has 7 heteroatoms. The van der Waals surface area contributed by atoms with Crippen LogP contribution in [0.2, 0.25) is 0 Å². The number of nitrogens with one attached hydrogen (secondary N) is 1. The smallest absolute Gasteiger partial charge is 0.278 e. The zero-order valence-corrected chi connectivity index (χ0v) is 16.0. The first kappa shape index (κ1) is 20.0. The third kappa shape index (κ3) is 5.62. The maximum absolute atomic E-state index is 12.3. The van der Waals surface area contributed by atoms with Gasteiger partial charge in [-0.2, -0.15) is 0 Å². The van der Waals surface area contributed by atoms with Crippen molar-refractivity contribution in [3.8, 4) is 23.0 Å². The van der Waals surface area contributed by atoms with Gasteiger partial charge < -0.3 is 24.6 Å². The Morgan fingerprint density at radius 2 is 1.62 bits per heavy atom. The monoisotopic (exact) mass is 394 g/mol. The standard InChI is InChI=1S/C22H22N2O5/c1-27-19-12-13-23-20(21(19)25)22(26)24-16-8-10-18(11-9-16)29-15-5-14-28-17-6-3-2-4-7-17/h2-4,6-13,25H,5,14-15H2,1H3,(H,24,26). The van der Waals surface area contributed by atoms with Gasteiger partial charge in [-0.1, -0.05) is 18.2 Å². The molecule has 1 heterocycles. The third-order valence-corrected chi connectivity index (χ3v) is 4.00. The average molecular weight is 394 g/mol. The van der Waals surface area contributed by atoms with Gasteiger partial charge in [-0.15, -0.1) is 0 Å². The molecule has 0 aliphatic rings. The van der Waals surface area contributed by atoms with Crippen LogP contribution in [0.3, 0.4) is 0 Å². The second-order valence-corrected chi connectivity index (χ2v) is 6.05. The maximum Gasteiger partial charge on any atom is 0.278 e. The highest BCUT2D eigenvalue weighted by atomic mass is 16.5. The van der Waals surface area contributed by atoms with Gasteiger partial charge in [-0.25, -0.2) is 4.98 Å². The van der Waals surface area contributed by atoms with Crippen molar-refractivity contribution in [1.82, 2.24) is 4.98 Å². The SMILES string of the molecule is COc1ccnc(C(=O)Nc2ccc(OCCCOc3ccccc3)cc2)c1O. The Bertz CT molecular complexity index is 930. The minimum atomic E-state index is -0.534. The van der Waals surface area contributed by atoms with Crippen LogP contribution in [-0.2, 0) is 0 Å². The molecule has 0 saturated carbocycles. The van der Waals surface area contributed by atoms with Gasteiger partial charge in [0.15, 0.2) is 17.2 Å². The minimum absolute atomic E-state index is 0.108. The molecule has 150 valence electrons. The number of rotatable bonds is 9. The molecule has 29 heavy (non-hydrogen) atoms.